The van der Waals surface area contributed by atoms with Crippen LogP contribution in [0.15, 0.2) is 70.5 Å². The van der Waals surface area contributed by atoms with Gasteiger partial charge < -0.3 is 0 Å². The molecule has 6 heteroatoms. The van der Waals surface area contributed by atoms with E-state index < -0.39 is 10.1 Å². The van der Waals surface area contributed by atoms with Gasteiger partial charge in [0.05, 0.1) is 5.75 Å². The van der Waals surface area contributed by atoms with Gasteiger partial charge in [0.2, 0.25) is 0 Å². The molecule has 2 aromatic rings. The second-order valence-electron chi connectivity index (χ2n) is 4.08. The molecule has 0 aromatic heterocycles. The molecule has 21 heavy (non-hydrogen) atoms. The van der Waals surface area contributed by atoms with Crippen molar-refractivity contribution in [1.29, 1.82) is 0 Å². The van der Waals surface area contributed by atoms with Crippen molar-refractivity contribution in [2.24, 2.45) is 0 Å². The van der Waals surface area contributed by atoms with Crippen molar-refractivity contribution < 1.29 is 13.0 Å². The Balaban J connectivity index is 0.000000270. The first-order chi connectivity index (χ1) is 10.0. The highest BCUT2D eigenvalue weighted by atomic mass is 33.1. The largest absolute Gasteiger partial charge is 0.286 e. The molecule has 0 heterocycles. The van der Waals surface area contributed by atoms with E-state index in [-0.39, 0.29) is 5.75 Å². The smallest absolute Gasteiger partial charge is 0.264 e. The van der Waals surface area contributed by atoms with E-state index in [1.165, 1.54) is 9.79 Å². The Hall–Kier alpha value is -0.950. The predicted molar refractivity (Wildman–Crippen MR) is 91.3 cm³/mol. The first-order valence-corrected chi connectivity index (χ1v) is 10.2. The first kappa shape index (κ1) is 18.1. The van der Waals surface area contributed by atoms with Gasteiger partial charge in [0.25, 0.3) is 10.1 Å². The minimum absolute atomic E-state index is 0.132. The summed E-state index contributed by atoms with van der Waals surface area (Å²) in [6.45, 7) is 1.69. The molecule has 3 nitrogen and oxygen atoms in total. The number of hydrogen-bond donors (Lipinski definition) is 1. The van der Waals surface area contributed by atoms with Crippen LogP contribution in [0.3, 0.4) is 0 Å². The highest BCUT2D eigenvalue weighted by molar-refractivity contribution is 8.76. The molecule has 1 N–H and O–H groups in total. The van der Waals surface area contributed by atoms with Crippen LogP contribution >= 0.6 is 21.6 Å². The fourth-order valence-corrected chi connectivity index (χ4v) is 3.80. The Morgan fingerprint density at radius 1 is 0.857 bits per heavy atom. The minimum Gasteiger partial charge on any atom is -0.286 e. The third-order valence-corrected chi connectivity index (χ3v) is 5.52. The van der Waals surface area contributed by atoms with Gasteiger partial charge in [-0.1, -0.05) is 64.9 Å². The van der Waals surface area contributed by atoms with E-state index in [2.05, 4.69) is 48.5 Å². The van der Waals surface area contributed by atoms with Crippen LogP contribution in [-0.2, 0) is 10.1 Å². The molecule has 0 saturated heterocycles. The van der Waals surface area contributed by atoms with Crippen LogP contribution in [0.4, 0.5) is 0 Å². The van der Waals surface area contributed by atoms with Gasteiger partial charge in [0, 0.05) is 9.79 Å². The Morgan fingerprint density at radius 3 is 1.48 bits per heavy atom. The summed E-state index contributed by atoms with van der Waals surface area (Å²) in [5, 5.41) is 0. The Bertz CT molecular complexity index is 559. The van der Waals surface area contributed by atoms with E-state index >= 15 is 0 Å². The Kier molecular flexibility index (Phi) is 8.52. The first-order valence-electron chi connectivity index (χ1n) is 6.41. The zero-order valence-corrected chi connectivity index (χ0v) is 14.1. The zero-order valence-electron chi connectivity index (χ0n) is 11.7. The molecular weight excluding hydrogens is 324 g/mol. The summed E-state index contributed by atoms with van der Waals surface area (Å²) in [7, 11) is -0.0938. The molecule has 0 saturated carbocycles. The van der Waals surface area contributed by atoms with Crippen molar-refractivity contribution in [2.45, 2.75) is 23.1 Å². The van der Waals surface area contributed by atoms with Crippen LogP contribution in [-0.4, -0.2) is 18.7 Å². The lowest BCUT2D eigenvalue weighted by Crippen LogP contribution is -2.01. The molecular formula is C15H18O3S3. The highest BCUT2D eigenvalue weighted by Gasteiger charge is 1.98. The Morgan fingerprint density at radius 2 is 1.24 bits per heavy atom. The average molecular weight is 343 g/mol. The van der Waals surface area contributed by atoms with Crippen molar-refractivity contribution in [1.82, 2.24) is 0 Å². The van der Waals surface area contributed by atoms with E-state index in [0.717, 1.165) is 0 Å². The maximum absolute atomic E-state index is 9.79. The van der Waals surface area contributed by atoms with Gasteiger partial charge in [-0.3, -0.25) is 4.55 Å². The molecule has 0 amide bonds. The van der Waals surface area contributed by atoms with Crippen LogP contribution in [0.5, 0.6) is 0 Å². The van der Waals surface area contributed by atoms with E-state index in [1.54, 1.807) is 28.5 Å². The summed E-state index contributed by atoms with van der Waals surface area (Å²) >= 11 is 0. The van der Waals surface area contributed by atoms with Crippen LogP contribution < -0.4 is 0 Å². The lowest BCUT2D eigenvalue weighted by molar-refractivity contribution is 0.482. The summed E-state index contributed by atoms with van der Waals surface area (Å²) < 4.78 is 27.6. The lowest BCUT2D eigenvalue weighted by Gasteiger charge is -1.99. The maximum atomic E-state index is 9.79. The molecule has 0 aliphatic carbocycles. The highest BCUT2D eigenvalue weighted by Crippen LogP contribution is 2.36. The van der Waals surface area contributed by atoms with E-state index in [1.807, 2.05) is 12.1 Å². The topological polar surface area (TPSA) is 54.4 Å². The molecule has 0 spiro atoms. The molecule has 0 unspecified atom stereocenters. The van der Waals surface area contributed by atoms with Gasteiger partial charge in [0.15, 0.2) is 0 Å². The zero-order chi connectivity index (χ0) is 15.6. The number of benzene rings is 2. The molecule has 0 radical (unpaired) electrons. The lowest BCUT2D eigenvalue weighted by atomic mass is 10.4. The average Bonchev–Trinajstić information content (AvgIpc) is 2.47. The monoisotopic (exact) mass is 342 g/mol. The molecule has 0 fully saturated rings. The third kappa shape index (κ3) is 9.57. The minimum atomic E-state index is -3.67. The van der Waals surface area contributed by atoms with E-state index in [9.17, 15) is 8.42 Å². The van der Waals surface area contributed by atoms with Crippen LogP contribution in [0, 0.1) is 0 Å². The van der Waals surface area contributed by atoms with Crippen molar-refractivity contribution in [3.8, 4) is 0 Å². The van der Waals surface area contributed by atoms with Gasteiger partial charge in [-0.25, -0.2) is 0 Å². The van der Waals surface area contributed by atoms with Crippen molar-refractivity contribution in [3.63, 3.8) is 0 Å². The molecule has 0 aliphatic heterocycles. The standard InChI is InChI=1S/C12H10S2.C3H8O3S/c1-3-7-11(8-4-1)13-14-12-9-5-2-6-10-12;1-2-3-7(4,5)6/h1-10H;2-3H2,1H3,(H,4,5,6). The summed E-state index contributed by atoms with van der Waals surface area (Å²) in [5.74, 6) is -0.132. The predicted octanol–water partition coefficient (Wildman–Crippen LogP) is 4.77. The van der Waals surface area contributed by atoms with Crippen LogP contribution in [0.25, 0.3) is 0 Å². The molecule has 114 valence electrons. The number of hydrogen-bond acceptors (Lipinski definition) is 4. The fraction of sp³-hybridized carbons (Fsp3) is 0.200. The molecule has 0 aliphatic rings. The van der Waals surface area contributed by atoms with Crippen molar-refractivity contribution in [2.75, 3.05) is 5.75 Å². The fourth-order valence-electron chi connectivity index (χ4n) is 1.31. The summed E-state index contributed by atoms with van der Waals surface area (Å²) in [5.41, 5.74) is 0. The molecule has 0 bridgehead atoms. The van der Waals surface area contributed by atoms with Gasteiger partial charge in [-0.15, -0.1) is 0 Å². The van der Waals surface area contributed by atoms with Crippen LogP contribution in [0.1, 0.15) is 13.3 Å². The SMILES string of the molecule is CCCS(=O)(=O)O.c1ccc(SSc2ccccc2)cc1. The van der Waals surface area contributed by atoms with Gasteiger partial charge in [-0.2, -0.15) is 8.42 Å². The van der Waals surface area contributed by atoms with Gasteiger partial charge in [-0.05, 0) is 30.7 Å². The van der Waals surface area contributed by atoms with E-state index in [4.69, 9.17) is 4.55 Å². The number of rotatable bonds is 5. The van der Waals surface area contributed by atoms with Gasteiger partial charge >= 0.3 is 0 Å². The molecule has 0 atom stereocenters. The van der Waals surface area contributed by atoms with Crippen molar-refractivity contribution in [3.05, 3.63) is 60.7 Å². The quantitative estimate of drug-likeness (QED) is 0.626. The normalized spacial score (nSPS) is 10.6. The van der Waals surface area contributed by atoms with Crippen molar-refractivity contribution >= 4 is 31.7 Å². The summed E-state index contributed by atoms with van der Waals surface area (Å²) in [4.78, 5) is 2.59. The summed E-state index contributed by atoms with van der Waals surface area (Å²) in [6.07, 6.45) is 0.471. The molecule has 2 aromatic carbocycles. The second-order valence-corrected chi connectivity index (χ2v) is 7.93. The maximum Gasteiger partial charge on any atom is 0.264 e. The van der Waals surface area contributed by atoms with Crippen LogP contribution in [0.2, 0.25) is 0 Å². The second kappa shape index (κ2) is 9.89. The summed E-state index contributed by atoms with van der Waals surface area (Å²) in [6, 6.07) is 20.8. The van der Waals surface area contributed by atoms with Gasteiger partial charge in [0.1, 0.15) is 0 Å². The third-order valence-electron chi connectivity index (χ3n) is 2.18. The van der Waals surface area contributed by atoms with E-state index in [0.29, 0.717) is 6.42 Å². The Labute approximate surface area is 134 Å². The molecule has 2 rings (SSSR count).